The Bertz CT molecular complexity index is 576. The molecule has 0 radical (unpaired) electrons. The van der Waals surface area contributed by atoms with Gasteiger partial charge in [0.15, 0.2) is 0 Å². The monoisotopic (exact) mass is 271 g/mol. The van der Waals surface area contributed by atoms with Crippen LogP contribution >= 0.6 is 12.2 Å². The Balaban J connectivity index is 2.24. The van der Waals surface area contributed by atoms with Crippen molar-refractivity contribution in [1.29, 1.82) is 0 Å². The lowest BCUT2D eigenvalue weighted by Crippen LogP contribution is -2.12. The highest BCUT2D eigenvalue weighted by atomic mass is 32.1. The van der Waals surface area contributed by atoms with E-state index < -0.39 is 0 Å². The third-order valence-electron chi connectivity index (χ3n) is 2.94. The van der Waals surface area contributed by atoms with Gasteiger partial charge in [-0.2, -0.15) is 0 Å². The summed E-state index contributed by atoms with van der Waals surface area (Å²) in [5.74, 6) is 0.527. The molecule has 0 aliphatic carbocycles. The van der Waals surface area contributed by atoms with Gasteiger partial charge in [0.2, 0.25) is 0 Å². The average molecular weight is 271 g/mol. The van der Waals surface area contributed by atoms with E-state index in [0.29, 0.717) is 10.9 Å². The summed E-state index contributed by atoms with van der Waals surface area (Å²) in [6.07, 6.45) is 3.41. The lowest BCUT2D eigenvalue weighted by Gasteiger charge is -2.11. The molecule has 0 aliphatic rings. The SMILES string of the molecule is CC(C)c1ccc(Nc2cnccc2C(N)=S)cc1. The maximum absolute atomic E-state index is 5.70. The minimum absolute atomic E-state index is 0.365. The zero-order valence-corrected chi connectivity index (χ0v) is 11.9. The number of benzene rings is 1. The van der Waals surface area contributed by atoms with Gasteiger partial charge in [0.25, 0.3) is 0 Å². The first-order valence-corrected chi connectivity index (χ1v) is 6.59. The summed E-state index contributed by atoms with van der Waals surface area (Å²) < 4.78 is 0. The van der Waals surface area contributed by atoms with Gasteiger partial charge in [-0.25, -0.2) is 0 Å². The van der Waals surface area contributed by atoms with Crippen molar-refractivity contribution in [2.24, 2.45) is 5.73 Å². The highest BCUT2D eigenvalue weighted by molar-refractivity contribution is 7.80. The second-order valence-electron chi connectivity index (χ2n) is 4.69. The summed E-state index contributed by atoms with van der Waals surface area (Å²) in [4.78, 5) is 4.46. The Labute approximate surface area is 118 Å². The van der Waals surface area contributed by atoms with Crippen LogP contribution in [0.2, 0.25) is 0 Å². The van der Waals surface area contributed by atoms with E-state index in [4.69, 9.17) is 18.0 Å². The summed E-state index contributed by atoms with van der Waals surface area (Å²) in [5.41, 5.74) is 9.63. The van der Waals surface area contributed by atoms with Crippen LogP contribution in [0, 0.1) is 0 Å². The Morgan fingerprint density at radius 2 is 1.89 bits per heavy atom. The van der Waals surface area contributed by atoms with E-state index in [9.17, 15) is 0 Å². The number of nitrogens with zero attached hydrogens (tertiary/aromatic N) is 1. The highest BCUT2D eigenvalue weighted by Gasteiger charge is 2.05. The van der Waals surface area contributed by atoms with E-state index in [-0.39, 0.29) is 0 Å². The van der Waals surface area contributed by atoms with Crippen molar-refractivity contribution in [2.75, 3.05) is 5.32 Å². The molecule has 0 saturated carbocycles. The molecule has 0 aliphatic heterocycles. The topological polar surface area (TPSA) is 50.9 Å². The van der Waals surface area contributed by atoms with E-state index >= 15 is 0 Å². The van der Waals surface area contributed by atoms with Crippen molar-refractivity contribution in [3.8, 4) is 0 Å². The maximum Gasteiger partial charge on any atom is 0.106 e. The van der Waals surface area contributed by atoms with Gasteiger partial charge >= 0.3 is 0 Å². The third-order valence-corrected chi connectivity index (χ3v) is 3.16. The first kappa shape index (κ1) is 13.5. The molecule has 1 aromatic heterocycles. The number of hydrogen-bond donors (Lipinski definition) is 2. The van der Waals surface area contributed by atoms with E-state index in [2.05, 4.69) is 36.3 Å². The van der Waals surface area contributed by atoms with E-state index in [1.807, 2.05) is 18.2 Å². The molecule has 2 aromatic rings. The quantitative estimate of drug-likeness (QED) is 0.834. The van der Waals surface area contributed by atoms with Crippen LogP contribution in [0.25, 0.3) is 0 Å². The van der Waals surface area contributed by atoms with Crippen LogP contribution in [0.15, 0.2) is 42.7 Å². The van der Waals surface area contributed by atoms with Crippen molar-refractivity contribution in [3.63, 3.8) is 0 Å². The van der Waals surface area contributed by atoms with Crippen LogP contribution in [0.5, 0.6) is 0 Å². The highest BCUT2D eigenvalue weighted by Crippen LogP contribution is 2.22. The molecule has 0 saturated heterocycles. The molecule has 0 unspecified atom stereocenters. The van der Waals surface area contributed by atoms with Crippen molar-refractivity contribution in [1.82, 2.24) is 4.98 Å². The van der Waals surface area contributed by atoms with Crippen LogP contribution in [0.4, 0.5) is 11.4 Å². The fourth-order valence-electron chi connectivity index (χ4n) is 1.82. The van der Waals surface area contributed by atoms with Gasteiger partial charge in [-0.05, 0) is 29.7 Å². The number of thiocarbonyl (C=S) groups is 1. The molecular weight excluding hydrogens is 254 g/mol. The molecule has 19 heavy (non-hydrogen) atoms. The summed E-state index contributed by atoms with van der Waals surface area (Å²) in [6, 6.07) is 10.1. The van der Waals surface area contributed by atoms with E-state index in [1.165, 1.54) is 5.56 Å². The van der Waals surface area contributed by atoms with E-state index in [1.54, 1.807) is 12.4 Å². The van der Waals surface area contributed by atoms with Gasteiger partial charge in [-0.3, -0.25) is 4.98 Å². The Kier molecular flexibility index (Phi) is 4.12. The lowest BCUT2D eigenvalue weighted by molar-refractivity contribution is 0.867. The molecule has 2 rings (SSSR count). The first-order chi connectivity index (χ1) is 9.08. The Morgan fingerprint density at radius 1 is 1.21 bits per heavy atom. The van der Waals surface area contributed by atoms with Gasteiger partial charge in [-0.15, -0.1) is 0 Å². The van der Waals surface area contributed by atoms with Crippen LogP contribution in [-0.2, 0) is 0 Å². The number of nitrogens with two attached hydrogens (primary N) is 1. The minimum atomic E-state index is 0.365. The van der Waals surface area contributed by atoms with Crippen LogP contribution in [-0.4, -0.2) is 9.97 Å². The minimum Gasteiger partial charge on any atom is -0.389 e. The normalized spacial score (nSPS) is 10.5. The predicted octanol–water partition coefficient (Wildman–Crippen LogP) is 3.58. The lowest BCUT2D eigenvalue weighted by atomic mass is 10.0. The maximum atomic E-state index is 5.70. The second kappa shape index (κ2) is 5.80. The second-order valence-corrected chi connectivity index (χ2v) is 5.13. The molecule has 0 atom stereocenters. The van der Waals surface area contributed by atoms with Gasteiger partial charge in [0, 0.05) is 17.4 Å². The molecule has 3 N–H and O–H groups in total. The van der Waals surface area contributed by atoms with Crippen molar-refractivity contribution in [3.05, 3.63) is 53.9 Å². The molecule has 4 heteroatoms. The van der Waals surface area contributed by atoms with E-state index in [0.717, 1.165) is 16.9 Å². The first-order valence-electron chi connectivity index (χ1n) is 6.18. The summed E-state index contributed by atoms with van der Waals surface area (Å²) >= 11 is 5.03. The third kappa shape index (κ3) is 3.29. The summed E-state index contributed by atoms with van der Waals surface area (Å²) in [7, 11) is 0. The van der Waals surface area contributed by atoms with Crippen molar-refractivity contribution >= 4 is 28.6 Å². The largest absolute Gasteiger partial charge is 0.389 e. The Hall–Kier alpha value is -1.94. The average Bonchev–Trinajstić information content (AvgIpc) is 2.39. The number of rotatable bonds is 4. The fraction of sp³-hybridized carbons (Fsp3) is 0.200. The van der Waals surface area contributed by atoms with Gasteiger partial charge in [0.1, 0.15) is 4.99 Å². The zero-order valence-electron chi connectivity index (χ0n) is 11.1. The number of aromatic nitrogens is 1. The summed E-state index contributed by atoms with van der Waals surface area (Å²) in [6.45, 7) is 4.35. The number of pyridine rings is 1. The van der Waals surface area contributed by atoms with Crippen LogP contribution in [0.1, 0.15) is 30.9 Å². The molecule has 0 bridgehead atoms. The zero-order chi connectivity index (χ0) is 13.8. The van der Waals surface area contributed by atoms with Crippen molar-refractivity contribution in [2.45, 2.75) is 19.8 Å². The van der Waals surface area contributed by atoms with Gasteiger partial charge < -0.3 is 11.1 Å². The van der Waals surface area contributed by atoms with Gasteiger partial charge in [-0.1, -0.05) is 38.2 Å². The van der Waals surface area contributed by atoms with Gasteiger partial charge in [0.05, 0.1) is 11.9 Å². The molecule has 3 nitrogen and oxygen atoms in total. The number of anilines is 2. The molecule has 1 heterocycles. The molecule has 0 fully saturated rings. The number of nitrogens with one attached hydrogen (secondary N) is 1. The predicted molar refractivity (Wildman–Crippen MR) is 83.9 cm³/mol. The standard InChI is InChI=1S/C15H17N3S/c1-10(2)11-3-5-12(6-4-11)18-14-9-17-8-7-13(14)15(16)19/h3-10,18H,1-2H3,(H2,16,19). The van der Waals surface area contributed by atoms with Crippen molar-refractivity contribution < 1.29 is 0 Å². The molecular formula is C15H17N3S. The molecule has 1 aromatic carbocycles. The smallest absolute Gasteiger partial charge is 0.106 e. The molecule has 0 spiro atoms. The Morgan fingerprint density at radius 3 is 2.47 bits per heavy atom. The summed E-state index contributed by atoms with van der Waals surface area (Å²) in [5, 5.41) is 3.29. The van der Waals surface area contributed by atoms with Crippen LogP contribution < -0.4 is 11.1 Å². The molecule has 98 valence electrons. The fourth-order valence-corrected chi connectivity index (χ4v) is 1.99. The number of hydrogen-bond acceptors (Lipinski definition) is 3. The molecule has 0 amide bonds. The van der Waals surface area contributed by atoms with Crippen LogP contribution in [0.3, 0.4) is 0 Å².